The molecule has 7 atom stereocenters. The molecule has 2 aromatic rings. The van der Waals surface area contributed by atoms with Crippen LogP contribution in [0.3, 0.4) is 0 Å². The van der Waals surface area contributed by atoms with E-state index in [2.05, 4.69) is 20.0 Å². The monoisotopic (exact) mass is 555 g/mol. The number of hydrogen-bond donors (Lipinski definition) is 4. The molecule has 5 N–H and O–H groups in total. The number of carbonyl (C=O) groups is 1. The highest BCUT2D eigenvalue weighted by atomic mass is 31.1. The van der Waals surface area contributed by atoms with Gasteiger partial charge in [0, 0.05) is 0 Å². The Balaban J connectivity index is 1.43. The van der Waals surface area contributed by atoms with Crippen LogP contribution < -0.4 is 15.6 Å². The normalized spacial score (nSPS) is 29.5. The average molecular weight is 556 g/mol. The maximum Gasteiger partial charge on any atom is 0.613 e. The van der Waals surface area contributed by atoms with Gasteiger partial charge < -0.3 is 34.7 Å². The molecule has 2 aliphatic rings. The number of rotatable bonds is 12. The standard InChI is InChI=1S/C23H36N6O8P/c1-7-34-18-15-17(26-21(24)27-18)29(10-25-15)20-22(6)23(20,32)16(30)14(37-22)9-35-38(33)28-13(8-11(2)3)19(31)36-12(4)5/h10-14,16,20,30,32H,7-9H2,1-6H3,(H,28,33)(H2,24,26,27)/q+1. The maximum atomic E-state index is 12.6. The van der Waals surface area contributed by atoms with Crippen molar-refractivity contribution in [2.45, 2.75) is 89.6 Å². The van der Waals surface area contributed by atoms with Crippen molar-refractivity contribution in [3.63, 3.8) is 0 Å². The minimum absolute atomic E-state index is 0.0252. The third-order valence-corrected chi connectivity index (χ3v) is 7.68. The second kappa shape index (κ2) is 10.6. The van der Waals surface area contributed by atoms with Gasteiger partial charge in [-0.2, -0.15) is 9.97 Å². The number of aliphatic hydroxyl groups excluding tert-OH is 1. The van der Waals surface area contributed by atoms with Crippen LogP contribution in [0.5, 0.6) is 5.88 Å². The molecule has 0 radical (unpaired) electrons. The number of carbonyl (C=O) groups excluding carboxylic acids is 1. The van der Waals surface area contributed by atoms with Gasteiger partial charge in [0.2, 0.25) is 11.8 Å². The van der Waals surface area contributed by atoms with Crippen LogP contribution in [-0.2, 0) is 23.4 Å². The fourth-order valence-electron chi connectivity index (χ4n) is 5.08. The molecule has 1 saturated carbocycles. The summed E-state index contributed by atoms with van der Waals surface area (Å²) in [6, 6.07) is -1.55. The number of imidazole rings is 1. The van der Waals surface area contributed by atoms with Gasteiger partial charge in [-0.05, 0) is 44.6 Å². The van der Waals surface area contributed by atoms with Crippen molar-refractivity contribution in [3.8, 4) is 5.88 Å². The summed E-state index contributed by atoms with van der Waals surface area (Å²) in [4.78, 5) is 25.0. The first-order valence-electron chi connectivity index (χ1n) is 12.6. The lowest BCUT2D eigenvalue weighted by Crippen LogP contribution is -2.40. The van der Waals surface area contributed by atoms with E-state index in [1.807, 2.05) is 13.8 Å². The number of esters is 1. The lowest BCUT2D eigenvalue weighted by molar-refractivity contribution is -0.149. The number of nitrogens with zero attached hydrogens (tertiary/aromatic N) is 4. The zero-order valence-corrected chi connectivity index (χ0v) is 23.2. The van der Waals surface area contributed by atoms with Crippen molar-refractivity contribution >= 4 is 31.3 Å². The van der Waals surface area contributed by atoms with Gasteiger partial charge in [-0.15, -0.1) is 4.52 Å². The number of fused-ring (bicyclic) bond motifs is 2. The maximum absolute atomic E-state index is 12.6. The summed E-state index contributed by atoms with van der Waals surface area (Å²) in [5, 5.41) is 25.1. The highest BCUT2D eigenvalue weighted by Crippen LogP contribution is 2.67. The van der Waals surface area contributed by atoms with Crippen LogP contribution in [0.1, 0.15) is 54.0 Å². The van der Waals surface area contributed by atoms with Crippen molar-refractivity contribution in [2.24, 2.45) is 5.92 Å². The van der Waals surface area contributed by atoms with Crippen LogP contribution in [0.2, 0.25) is 0 Å². The van der Waals surface area contributed by atoms with Crippen molar-refractivity contribution in [1.82, 2.24) is 24.6 Å². The molecule has 7 unspecified atom stereocenters. The molecule has 15 heteroatoms. The number of aromatic nitrogens is 4. The van der Waals surface area contributed by atoms with Gasteiger partial charge in [0.15, 0.2) is 17.2 Å². The topological polar surface area (TPSA) is 193 Å². The number of nitrogens with one attached hydrogen (secondary N) is 1. The van der Waals surface area contributed by atoms with Gasteiger partial charge in [-0.25, -0.2) is 4.98 Å². The molecule has 3 heterocycles. The molecule has 4 rings (SSSR count). The number of aliphatic hydroxyl groups is 2. The molecule has 210 valence electrons. The smallest absolute Gasteiger partial charge is 0.476 e. The highest BCUT2D eigenvalue weighted by molar-refractivity contribution is 7.36. The number of nitrogens with two attached hydrogens (primary N) is 1. The van der Waals surface area contributed by atoms with E-state index in [-0.39, 0.29) is 30.5 Å². The molecule has 2 fully saturated rings. The van der Waals surface area contributed by atoms with E-state index in [1.54, 1.807) is 32.3 Å². The van der Waals surface area contributed by atoms with Crippen molar-refractivity contribution in [3.05, 3.63) is 6.33 Å². The zero-order valence-electron chi connectivity index (χ0n) is 22.3. The molecule has 0 bridgehead atoms. The van der Waals surface area contributed by atoms with E-state index in [0.29, 0.717) is 24.2 Å². The van der Waals surface area contributed by atoms with Crippen molar-refractivity contribution in [2.75, 3.05) is 18.9 Å². The minimum Gasteiger partial charge on any atom is -0.476 e. The summed E-state index contributed by atoms with van der Waals surface area (Å²) in [6.45, 7) is 10.8. The molecular formula is C23H36N6O8P+. The summed E-state index contributed by atoms with van der Waals surface area (Å²) in [7, 11) is -2.49. The van der Waals surface area contributed by atoms with Crippen molar-refractivity contribution < 1.29 is 38.3 Å². The first-order chi connectivity index (χ1) is 17.8. The Morgan fingerprint density at radius 3 is 2.63 bits per heavy atom. The van der Waals surface area contributed by atoms with Crippen molar-refractivity contribution in [1.29, 1.82) is 0 Å². The molecule has 0 aromatic carbocycles. The predicted molar refractivity (Wildman–Crippen MR) is 135 cm³/mol. The van der Waals surface area contributed by atoms with E-state index in [1.165, 1.54) is 6.33 Å². The third-order valence-electron chi connectivity index (χ3n) is 6.78. The summed E-state index contributed by atoms with van der Waals surface area (Å²) in [6.07, 6.45) is -0.804. The van der Waals surface area contributed by atoms with E-state index < -0.39 is 49.6 Å². The Kier molecular flexibility index (Phi) is 7.95. The van der Waals surface area contributed by atoms with Gasteiger partial charge in [-0.1, -0.05) is 18.9 Å². The summed E-state index contributed by atoms with van der Waals surface area (Å²) >= 11 is 0. The first kappa shape index (κ1) is 28.5. The largest absolute Gasteiger partial charge is 0.613 e. The van der Waals surface area contributed by atoms with Gasteiger partial charge in [0.25, 0.3) is 0 Å². The quantitative estimate of drug-likeness (QED) is 0.216. The number of ether oxygens (including phenoxy) is 3. The number of hydrogen-bond acceptors (Lipinski definition) is 12. The fourth-order valence-corrected chi connectivity index (χ4v) is 5.91. The van der Waals surface area contributed by atoms with Crippen LogP contribution in [0.15, 0.2) is 6.33 Å². The van der Waals surface area contributed by atoms with Gasteiger partial charge in [0.05, 0.1) is 19.0 Å². The third kappa shape index (κ3) is 4.96. The number of anilines is 1. The Morgan fingerprint density at radius 1 is 1.34 bits per heavy atom. The van der Waals surface area contributed by atoms with Gasteiger partial charge in [0.1, 0.15) is 36.1 Å². The fraction of sp³-hybridized carbons (Fsp3) is 0.739. The summed E-state index contributed by atoms with van der Waals surface area (Å²) in [5.74, 6) is -0.192. The molecule has 38 heavy (non-hydrogen) atoms. The van der Waals surface area contributed by atoms with E-state index >= 15 is 0 Å². The minimum atomic E-state index is -2.49. The first-order valence-corrected chi connectivity index (χ1v) is 13.8. The lowest BCUT2D eigenvalue weighted by atomic mass is 10.0. The van der Waals surface area contributed by atoms with Gasteiger partial charge >= 0.3 is 14.1 Å². The molecule has 0 amide bonds. The molecular weight excluding hydrogens is 519 g/mol. The van der Waals surface area contributed by atoms with Crippen LogP contribution >= 0.6 is 8.18 Å². The van der Waals surface area contributed by atoms with Gasteiger partial charge in [-0.3, -0.25) is 4.79 Å². The zero-order chi connectivity index (χ0) is 28.0. The molecule has 1 aliphatic carbocycles. The number of nitrogen functional groups attached to an aromatic ring is 1. The Bertz CT molecular complexity index is 1210. The molecule has 14 nitrogen and oxygen atoms in total. The van der Waals surface area contributed by atoms with Crippen LogP contribution in [0, 0.1) is 5.92 Å². The average Bonchev–Trinajstić information content (AvgIpc) is 3.05. The Labute approximate surface area is 221 Å². The SMILES string of the molecule is CCOc1nc(N)nc2c1ncn2C1C2(C)OC(CO[P+](=O)NC(CC(C)C)C(=O)OC(C)C)C(O)C12O. The second-order valence-corrected chi connectivity index (χ2v) is 11.5. The summed E-state index contributed by atoms with van der Waals surface area (Å²) < 4.78 is 36.4. The molecule has 1 aliphatic heterocycles. The van der Waals surface area contributed by atoms with E-state index in [0.717, 1.165) is 0 Å². The van der Waals surface area contributed by atoms with Crippen LogP contribution in [-0.4, -0.2) is 84.5 Å². The molecule has 1 saturated heterocycles. The Morgan fingerprint density at radius 2 is 2.05 bits per heavy atom. The molecule has 0 spiro atoms. The van der Waals surface area contributed by atoms with Crippen LogP contribution in [0.4, 0.5) is 5.95 Å². The van der Waals surface area contributed by atoms with E-state index in [4.69, 9.17) is 24.5 Å². The highest BCUT2D eigenvalue weighted by Gasteiger charge is 2.85. The Hall–Kier alpha value is -2.48. The van der Waals surface area contributed by atoms with Crippen LogP contribution in [0.25, 0.3) is 11.2 Å². The van der Waals surface area contributed by atoms with E-state index in [9.17, 15) is 19.6 Å². The second-order valence-electron chi connectivity index (χ2n) is 10.4. The summed E-state index contributed by atoms with van der Waals surface area (Å²) in [5.41, 5.74) is 3.63. The molecule has 2 aromatic heterocycles. The lowest BCUT2D eigenvalue weighted by Gasteiger charge is -2.22. The predicted octanol–water partition coefficient (Wildman–Crippen LogP) is 1.24.